The van der Waals surface area contributed by atoms with Crippen molar-refractivity contribution in [3.05, 3.63) is 46.5 Å². The van der Waals surface area contributed by atoms with Gasteiger partial charge < -0.3 is 10.2 Å². The number of rotatable bonds is 4. The molecule has 0 saturated heterocycles. The molecule has 0 atom stereocenters. The van der Waals surface area contributed by atoms with Crippen LogP contribution in [0.25, 0.3) is 12.2 Å². The van der Waals surface area contributed by atoms with Crippen molar-refractivity contribution in [2.45, 2.75) is 52.7 Å². The van der Waals surface area contributed by atoms with E-state index in [0.29, 0.717) is 0 Å². The molecular weight excluding hydrogens is 248 g/mol. The fourth-order valence-corrected chi connectivity index (χ4v) is 1.87. The molecule has 0 aliphatic carbocycles. The van der Waals surface area contributed by atoms with Crippen LogP contribution in [-0.2, 0) is 0 Å². The number of hydrogen-bond donors (Lipinski definition) is 2. The average molecular weight is 274 g/mol. The van der Waals surface area contributed by atoms with Crippen molar-refractivity contribution in [2.75, 3.05) is 0 Å². The van der Waals surface area contributed by atoms with E-state index in [-0.39, 0.29) is 0 Å². The average Bonchev–Trinajstić information content (AvgIpc) is 2.26. The van der Waals surface area contributed by atoms with E-state index in [2.05, 4.69) is 12.1 Å². The molecule has 1 rings (SSSR count). The molecule has 0 bridgehead atoms. The van der Waals surface area contributed by atoms with Crippen LogP contribution in [0.5, 0.6) is 0 Å². The van der Waals surface area contributed by atoms with Gasteiger partial charge in [0.25, 0.3) is 0 Å². The van der Waals surface area contributed by atoms with Gasteiger partial charge in [-0.15, -0.1) is 0 Å². The Kier molecular flexibility index (Phi) is 4.95. The van der Waals surface area contributed by atoms with E-state index >= 15 is 0 Å². The summed E-state index contributed by atoms with van der Waals surface area (Å²) < 4.78 is 0. The second-order valence-electron chi connectivity index (χ2n) is 6.50. The highest BCUT2D eigenvalue weighted by Crippen LogP contribution is 2.24. The van der Waals surface area contributed by atoms with Crippen LogP contribution in [0.4, 0.5) is 0 Å². The van der Waals surface area contributed by atoms with E-state index < -0.39 is 11.2 Å². The molecule has 2 heteroatoms. The maximum atomic E-state index is 9.84. The van der Waals surface area contributed by atoms with E-state index in [9.17, 15) is 10.2 Å². The Balaban J connectivity index is 3.32. The van der Waals surface area contributed by atoms with Gasteiger partial charge in [0.15, 0.2) is 0 Å². The lowest BCUT2D eigenvalue weighted by Crippen LogP contribution is -2.14. The Morgan fingerprint density at radius 3 is 1.30 bits per heavy atom. The number of hydrogen-bond acceptors (Lipinski definition) is 2. The van der Waals surface area contributed by atoms with Gasteiger partial charge in [-0.3, -0.25) is 0 Å². The van der Waals surface area contributed by atoms with Gasteiger partial charge in [-0.05, 0) is 63.8 Å². The molecule has 0 aliphatic rings. The summed E-state index contributed by atoms with van der Waals surface area (Å²) in [6, 6.07) is 4.14. The third-order valence-electron chi connectivity index (χ3n) is 3.04. The minimum Gasteiger partial charge on any atom is -0.386 e. The lowest BCUT2D eigenvalue weighted by Gasteiger charge is -2.15. The van der Waals surface area contributed by atoms with E-state index in [1.54, 1.807) is 39.8 Å². The minimum absolute atomic E-state index is 0.840. The van der Waals surface area contributed by atoms with Crippen LogP contribution in [0, 0.1) is 13.8 Å². The highest BCUT2D eigenvalue weighted by Gasteiger charge is 2.11. The SMILES string of the molecule is Cc1ccc(C)c(/C=C/C(C)(C)O)c1/C=C/C(C)(C)O. The van der Waals surface area contributed by atoms with Crippen molar-refractivity contribution in [3.63, 3.8) is 0 Å². The van der Waals surface area contributed by atoms with Gasteiger partial charge in [0, 0.05) is 0 Å². The fraction of sp³-hybridized carbons (Fsp3) is 0.444. The first-order valence-corrected chi connectivity index (χ1v) is 6.93. The zero-order valence-electron chi connectivity index (χ0n) is 13.4. The van der Waals surface area contributed by atoms with Gasteiger partial charge in [-0.1, -0.05) is 36.4 Å². The van der Waals surface area contributed by atoms with Crippen molar-refractivity contribution in [2.24, 2.45) is 0 Å². The zero-order chi connectivity index (χ0) is 15.6. The Labute approximate surface area is 122 Å². The predicted octanol–water partition coefficient (Wildman–Crippen LogP) is 3.87. The second kappa shape index (κ2) is 5.94. The predicted molar refractivity (Wildman–Crippen MR) is 86.6 cm³/mol. The quantitative estimate of drug-likeness (QED) is 0.875. The summed E-state index contributed by atoms with van der Waals surface area (Å²) in [4.78, 5) is 0. The Hall–Kier alpha value is -1.38. The van der Waals surface area contributed by atoms with Gasteiger partial charge >= 0.3 is 0 Å². The summed E-state index contributed by atoms with van der Waals surface area (Å²) in [5.74, 6) is 0. The van der Waals surface area contributed by atoms with E-state index in [0.717, 1.165) is 22.3 Å². The van der Waals surface area contributed by atoms with E-state index in [1.807, 2.05) is 26.0 Å². The van der Waals surface area contributed by atoms with Crippen LogP contribution in [0.3, 0.4) is 0 Å². The summed E-state index contributed by atoms with van der Waals surface area (Å²) in [6.45, 7) is 11.1. The van der Waals surface area contributed by atoms with Crippen molar-refractivity contribution >= 4 is 12.2 Å². The molecule has 0 unspecified atom stereocenters. The standard InChI is InChI=1S/C18H26O2/c1-13-7-8-14(2)16(10-12-18(5,6)20)15(13)9-11-17(3,4)19/h7-12,19-20H,1-6H3/b11-9+,12-10+. The summed E-state index contributed by atoms with van der Waals surface area (Å²) >= 11 is 0. The van der Waals surface area contributed by atoms with Gasteiger partial charge in [0.2, 0.25) is 0 Å². The molecule has 0 saturated carbocycles. The molecule has 2 N–H and O–H groups in total. The molecule has 0 aliphatic heterocycles. The Morgan fingerprint density at radius 2 is 1.05 bits per heavy atom. The van der Waals surface area contributed by atoms with Gasteiger partial charge in [-0.2, -0.15) is 0 Å². The fourth-order valence-electron chi connectivity index (χ4n) is 1.87. The molecule has 0 aromatic heterocycles. The second-order valence-corrected chi connectivity index (χ2v) is 6.50. The van der Waals surface area contributed by atoms with E-state index in [1.165, 1.54) is 0 Å². The highest BCUT2D eigenvalue weighted by molar-refractivity contribution is 5.70. The summed E-state index contributed by atoms with van der Waals surface area (Å²) in [5.41, 5.74) is 2.76. The van der Waals surface area contributed by atoms with E-state index in [4.69, 9.17) is 0 Å². The molecule has 2 nitrogen and oxygen atoms in total. The minimum atomic E-state index is -0.840. The summed E-state index contributed by atoms with van der Waals surface area (Å²) in [5, 5.41) is 19.7. The molecule has 1 aromatic carbocycles. The molecule has 1 aromatic rings. The first-order valence-electron chi connectivity index (χ1n) is 6.93. The van der Waals surface area contributed by atoms with Crippen LogP contribution in [0.15, 0.2) is 24.3 Å². The summed E-state index contributed by atoms with van der Waals surface area (Å²) in [7, 11) is 0. The van der Waals surface area contributed by atoms with Gasteiger partial charge in [0.05, 0.1) is 11.2 Å². The highest BCUT2D eigenvalue weighted by atomic mass is 16.3. The first kappa shape index (κ1) is 16.7. The smallest absolute Gasteiger partial charge is 0.0774 e. The molecule has 110 valence electrons. The largest absolute Gasteiger partial charge is 0.386 e. The molecule has 0 amide bonds. The summed E-state index contributed by atoms with van der Waals surface area (Å²) in [6.07, 6.45) is 7.48. The van der Waals surface area contributed by atoms with Crippen LogP contribution in [-0.4, -0.2) is 21.4 Å². The van der Waals surface area contributed by atoms with Crippen molar-refractivity contribution in [3.8, 4) is 0 Å². The van der Waals surface area contributed by atoms with Crippen molar-refractivity contribution in [1.29, 1.82) is 0 Å². The topological polar surface area (TPSA) is 40.5 Å². The van der Waals surface area contributed by atoms with Gasteiger partial charge in [-0.25, -0.2) is 0 Å². The number of benzene rings is 1. The third-order valence-corrected chi connectivity index (χ3v) is 3.04. The normalized spacial score (nSPS) is 13.6. The monoisotopic (exact) mass is 274 g/mol. The first-order chi connectivity index (χ1) is 8.99. The molecule has 20 heavy (non-hydrogen) atoms. The lowest BCUT2D eigenvalue weighted by atomic mass is 9.94. The molecule has 0 radical (unpaired) electrons. The van der Waals surface area contributed by atoms with Gasteiger partial charge in [0.1, 0.15) is 0 Å². The van der Waals surface area contributed by atoms with Crippen LogP contribution < -0.4 is 0 Å². The Morgan fingerprint density at radius 1 is 0.750 bits per heavy atom. The molecule has 0 spiro atoms. The van der Waals surface area contributed by atoms with Crippen LogP contribution in [0.2, 0.25) is 0 Å². The zero-order valence-corrected chi connectivity index (χ0v) is 13.4. The van der Waals surface area contributed by atoms with Crippen LogP contribution >= 0.6 is 0 Å². The van der Waals surface area contributed by atoms with Crippen molar-refractivity contribution < 1.29 is 10.2 Å². The third kappa shape index (κ3) is 5.32. The molecular formula is C18H26O2. The lowest BCUT2D eigenvalue weighted by molar-refractivity contribution is 0.133. The maximum absolute atomic E-state index is 9.84. The molecule has 0 heterocycles. The number of aliphatic hydroxyl groups is 2. The van der Waals surface area contributed by atoms with Crippen LogP contribution in [0.1, 0.15) is 49.9 Å². The van der Waals surface area contributed by atoms with Crippen molar-refractivity contribution in [1.82, 2.24) is 0 Å². The molecule has 0 fully saturated rings. The Bertz CT molecular complexity index is 475. The maximum Gasteiger partial charge on any atom is 0.0774 e. The number of aryl methyl sites for hydroxylation is 2.